The van der Waals surface area contributed by atoms with Gasteiger partial charge in [0.1, 0.15) is 0 Å². The van der Waals surface area contributed by atoms with E-state index in [0.29, 0.717) is 12.8 Å². The first-order chi connectivity index (χ1) is 10.0. The van der Waals surface area contributed by atoms with Gasteiger partial charge in [-0.3, -0.25) is 4.79 Å². The van der Waals surface area contributed by atoms with Gasteiger partial charge in [0.25, 0.3) is 0 Å². The molecule has 1 aliphatic rings. The Balaban J connectivity index is 1.77. The molecule has 1 aromatic rings. The van der Waals surface area contributed by atoms with Crippen molar-refractivity contribution >= 4 is 23.3 Å². The number of rotatable bonds is 6. The Bertz CT molecular complexity index is 481. The van der Waals surface area contributed by atoms with Crippen molar-refractivity contribution in [1.82, 2.24) is 10.6 Å². The lowest BCUT2D eigenvalue weighted by Gasteiger charge is -2.24. The zero-order valence-corrected chi connectivity index (χ0v) is 13.0. The Morgan fingerprint density at radius 3 is 2.71 bits per heavy atom. The van der Waals surface area contributed by atoms with Crippen LogP contribution in [0, 0.1) is 5.41 Å². The van der Waals surface area contributed by atoms with Gasteiger partial charge in [0.05, 0.1) is 5.41 Å². The molecule has 21 heavy (non-hydrogen) atoms. The minimum absolute atomic E-state index is 0.0213. The van der Waals surface area contributed by atoms with Gasteiger partial charge in [-0.1, -0.05) is 18.9 Å². The lowest BCUT2D eigenvalue weighted by atomic mass is 9.86. The summed E-state index contributed by atoms with van der Waals surface area (Å²) >= 11 is 1.67. The summed E-state index contributed by atoms with van der Waals surface area (Å²) in [6, 6.07) is 3.77. The molecule has 1 aromatic heterocycles. The van der Waals surface area contributed by atoms with Crippen molar-refractivity contribution in [2.24, 2.45) is 5.41 Å². The number of hydrogen-bond acceptors (Lipinski definition) is 3. The predicted octanol–water partition coefficient (Wildman–Crippen LogP) is 2.62. The van der Waals surface area contributed by atoms with Crippen molar-refractivity contribution < 1.29 is 14.7 Å². The molecule has 6 heteroatoms. The highest BCUT2D eigenvalue weighted by Gasteiger charge is 2.41. The molecule has 3 N–H and O–H groups in total. The second-order valence-corrected chi connectivity index (χ2v) is 6.84. The third-order valence-electron chi connectivity index (χ3n) is 4.07. The first-order valence-electron chi connectivity index (χ1n) is 7.32. The van der Waals surface area contributed by atoms with E-state index >= 15 is 0 Å². The van der Waals surface area contributed by atoms with Gasteiger partial charge >= 0.3 is 12.0 Å². The summed E-state index contributed by atoms with van der Waals surface area (Å²) in [6.07, 6.45) is 3.92. The SMILES string of the molecule is CC(Cc1cccs1)NC(=O)NCC1(C(=O)O)CCCC1. The van der Waals surface area contributed by atoms with Crippen molar-refractivity contribution in [3.05, 3.63) is 22.4 Å². The van der Waals surface area contributed by atoms with Gasteiger partial charge in [-0.15, -0.1) is 11.3 Å². The topological polar surface area (TPSA) is 78.4 Å². The number of thiophene rings is 1. The van der Waals surface area contributed by atoms with Crippen LogP contribution in [0.3, 0.4) is 0 Å². The van der Waals surface area contributed by atoms with E-state index in [0.717, 1.165) is 19.3 Å². The van der Waals surface area contributed by atoms with Crippen LogP contribution in [0.15, 0.2) is 17.5 Å². The third-order valence-corrected chi connectivity index (χ3v) is 4.97. The van der Waals surface area contributed by atoms with Crippen LogP contribution in [-0.2, 0) is 11.2 Å². The van der Waals surface area contributed by atoms with Gasteiger partial charge in [-0.2, -0.15) is 0 Å². The largest absolute Gasteiger partial charge is 0.481 e. The van der Waals surface area contributed by atoms with E-state index < -0.39 is 11.4 Å². The summed E-state index contributed by atoms with van der Waals surface area (Å²) in [6.45, 7) is 2.15. The molecule has 5 nitrogen and oxygen atoms in total. The Hall–Kier alpha value is -1.56. The molecular formula is C15H22N2O3S. The molecule has 1 aliphatic carbocycles. The van der Waals surface area contributed by atoms with Crippen LogP contribution in [0.1, 0.15) is 37.5 Å². The molecule has 1 saturated carbocycles. The summed E-state index contributed by atoms with van der Waals surface area (Å²) in [5.74, 6) is -0.799. The number of hydrogen-bond donors (Lipinski definition) is 3. The van der Waals surface area contributed by atoms with E-state index in [2.05, 4.69) is 10.6 Å². The number of carbonyl (C=O) groups excluding carboxylic acids is 1. The van der Waals surface area contributed by atoms with E-state index in [1.807, 2.05) is 24.4 Å². The van der Waals surface area contributed by atoms with Gasteiger partial charge in [-0.25, -0.2) is 4.79 Å². The Morgan fingerprint density at radius 1 is 1.43 bits per heavy atom. The number of carboxylic acid groups (broad SMARTS) is 1. The summed E-state index contributed by atoms with van der Waals surface area (Å²) in [5.41, 5.74) is -0.770. The van der Waals surface area contributed by atoms with Crippen molar-refractivity contribution in [2.75, 3.05) is 6.54 Å². The number of carboxylic acids is 1. The highest BCUT2D eigenvalue weighted by atomic mass is 32.1. The summed E-state index contributed by atoms with van der Waals surface area (Å²) in [7, 11) is 0. The second-order valence-electron chi connectivity index (χ2n) is 5.80. The van der Waals surface area contributed by atoms with Gasteiger partial charge in [0.2, 0.25) is 0 Å². The molecule has 2 amide bonds. The zero-order chi connectivity index (χ0) is 15.3. The lowest BCUT2D eigenvalue weighted by Crippen LogP contribution is -2.47. The van der Waals surface area contributed by atoms with Crippen LogP contribution in [0.2, 0.25) is 0 Å². The summed E-state index contributed by atoms with van der Waals surface area (Å²) < 4.78 is 0. The predicted molar refractivity (Wildman–Crippen MR) is 82.6 cm³/mol. The number of nitrogens with one attached hydrogen (secondary N) is 2. The van der Waals surface area contributed by atoms with E-state index in [9.17, 15) is 14.7 Å². The Kier molecular flexibility index (Phi) is 5.22. The molecule has 116 valence electrons. The molecule has 0 spiro atoms. The van der Waals surface area contributed by atoms with Crippen LogP contribution in [0.25, 0.3) is 0 Å². The minimum Gasteiger partial charge on any atom is -0.481 e. The maximum absolute atomic E-state index is 11.9. The number of carbonyl (C=O) groups is 2. The zero-order valence-electron chi connectivity index (χ0n) is 12.2. The highest BCUT2D eigenvalue weighted by molar-refractivity contribution is 7.09. The fraction of sp³-hybridized carbons (Fsp3) is 0.600. The minimum atomic E-state index is -0.799. The molecule has 1 unspecified atom stereocenters. The third kappa shape index (κ3) is 4.20. The average molecular weight is 310 g/mol. The monoisotopic (exact) mass is 310 g/mol. The number of urea groups is 1. The molecule has 0 aliphatic heterocycles. The first-order valence-corrected chi connectivity index (χ1v) is 8.20. The average Bonchev–Trinajstić information content (AvgIpc) is 3.07. The van der Waals surface area contributed by atoms with Gasteiger partial charge < -0.3 is 15.7 Å². The van der Waals surface area contributed by atoms with Gasteiger partial charge in [0.15, 0.2) is 0 Å². The lowest BCUT2D eigenvalue weighted by molar-refractivity contribution is -0.148. The van der Waals surface area contributed by atoms with Crippen molar-refractivity contribution in [3.8, 4) is 0 Å². The van der Waals surface area contributed by atoms with Gasteiger partial charge in [0, 0.05) is 23.9 Å². The van der Waals surface area contributed by atoms with E-state index in [-0.39, 0.29) is 18.6 Å². The molecule has 0 aromatic carbocycles. The number of aliphatic carboxylic acids is 1. The molecular weight excluding hydrogens is 288 g/mol. The van der Waals surface area contributed by atoms with Crippen molar-refractivity contribution in [2.45, 2.75) is 45.1 Å². The molecule has 1 fully saturated rings. The fourth-order valence-electron chi connectivity index (χ4n) is 2.82. The van der Waals surface area contributed by atoms with Crippen LogP contribution >= 0.6 is 11.3 Å². The summed E-state index contributed by atoms with van der Waals surface area (Å²) in [4.78, 5) is 24.5. The highest BCUT2D eigenvalue weighted by Crippen LogP contribution is 2.37. The summed E-state index contributed by atoms with van der Waals surface area (Å²) in [5, 5.41) is 17.0. The van der Waals surface area contributed by atoms with E-state index in [4.69, 9.17) is 0 Å². The van der Waals surface area contributed by atoms with Crippen LogP contribution in [0.4, 0.5) is 4.79 Å². The van der Waals surface area contributed by atoms with E-state index in [1.54, 1.807) is 11.3 Å². The molecule has 1 heterocycles. The Labute approximate surface area is 128 Å². The van der Waals surface area contributed by atoms with Crippen LogP contribution < -0.4 is 10.6 Å². The quantitative estimate of drug-likeness (QED) is 0.756. The maximum Gasteiger partial charge on any atom is 0.315 e. The standard InChI is InChI=1S/C15H22N2O3S/c1-11(9-12-5-4-8-21-12)17-14(20)16-10-15(13(18)19)6-2-3-7-15/h4-5,8,11H,2-3,6-7,9-10H2,1H3,(H,18,19)(H2,16,17,20). The van der Waals surface area contributed by atoms with Crippen LogP contribution in [0.5, 0.6) is 0 Å². The Morgan fingerprint density at radius 2 is 2.14 bits per heavy atom. The van der Waals surface area contributed by atoms with Crippen molar-refractivity contribution in [3.63, 3.8) is 0 Å². The molecule has 2 rings (SSSR count). The molecule has 1 atom stereocenters. The molecule has 0 radical (unpaired) electrons. The van der Waals surface area contributed by atoms with E-state index in [1.165, 1.54) is 4.88 Å². The van der Waals surface area contributed by atoms with Gasteiger partial charge in [-0.05, 0) is 31.2 Å². The normalized spacial score (nSPS) is 18.1. The second kappa shape index (κ2) is 6.93. The van der Waals surface area contributed by atoms with Crippen molar-refractivity contribution in [1.29, 1.82) is 0 Å². The number of amides is 2. The first kappa shape index (κ1) is 15.8. The van der Waals surface area contributed by atoms with Crippen LogP contribution in [-0.4, -0.2) is 29.7 Å². The smallest absolute Gasteiger partial charge is 0.315 e. The fourth-order valence-corrected chi connectivity index (χ4v) is 3.66. The molecule has 0 bridgehead atoms. The maximum atomic E-state index is 11.9. The molecule has 0 saturated heterocycles.